The number of aromatic nitrogens is 2. The molecule has 0 unspecified atom stereocenters. The van der Waals surface area contributed by atoms with Gasteiger partial charge in [0, 0.05) is 25.4 Å². The quantitative estimate of drug-likeness (QED) is 0.235. The zero-order chi connectivity index (χ0) is 28.8. The van der Waals surface area contributed by atoms with Crippen LogP contribution < -0.4 is 14.8 Å². The Bertz CT molecular complexity index is 1500. The number of esters is 1. The number of carbonyl (C=O) groups excluding carboxylic acids is 2. The van der Waals surface area contributed by atoms with E-state index in [9.17, 15) is 9.59 Å². The summed E-state index contributed by atoms with van der Waals surface area (Å²) in [6.45, 7) is 2.65. The average Bonchev–Trinajstić information content (AvgIpc) is 3.44. The third kappa shape index (κ3) is 6.70. The first-order chi connectivity index (χ1) is 20.0. The largest absolute Gasteiger partial charge is 0.493 e. The van der Waals surface area contributed by atoms with Gasteiger partial charge in [-0.2, -0.15) is 0 Å². The van der Waals surface area contributed by atoms with Crippen molar-refractivity contribution in [2.24, 2.45) is 5.92 Å². The third-order valence-electron chi connectivity index (χ3n) is 7.91. The predicted molar refractivity (Wildman–Crippen MR) is 157 cm³/mol. The molecule has 1 aliphatic carbocycles. The number of fused-ring (bicyclic) bond motifs is 1. The molecule has 1 fully saturated rings. The first kappa shape index (κ1) is 28.2. The number of hydrogen-bond donors (Lipinski definition) is 1. The van der Waals surface area contributed by atoms with Crippen molar-refractivity contribution in [3.63, 3.8) is 0 Å². The van der Waals surface area contributed by atoms with Crippen LogP contribution in [0.2, 0.25) is 0 Å². The van der Waals surface area contributed by atoms with Crippen LogP contribution in [0.3, 0.4) is 0 Å². The van der Waals surface area contributed by atoms with Gasteiger partial charge in [-0.1, -0.05) is 30.3 Å². The number of methoxy groups -OCH3 is 2. The Morgan fingerprint density at radius 1 is 0.902 bits per heavy atom. The monoisotopic (exact) mass is 555 g/mol. The molecule has 5 rings (SSSR count). The van der Waals surface area contributed by atoms with E-state index in [2.05, 4.69) is 34.6 Å². The molecule has 0 atom stereocenters. The van der Waals surface area contributed by atoms with Crippen LogP contribution in [0.1, 0.15) is 66.6 Å². The molecule has 2 aromatic carbocycles. The molecule has 1 aliphatic rings. The number of nitrogens with zero attached hydrogens (tertiary/aromatic N) is 2. The van der Waals surface area contributed by atoms with Gasteiger partial charge >= 0.3 is 5.97 Å². The second-order valence-corrected chi connectivity index (χ2v) is 10.5. The lowest BCUT2D eigenvalue weighted by molar-refractivity contribution is -0.144. The van der Waals surface area contributed by atoms with E-state index in [0.717, 1.165) is 42.4 Å². The molecule has 2 heterocycles. The second kappa shape index (κ2) is 12.9. The zero-order valence-electron chi connectivity index (χ0n) is 23.9. The molecule has 8 nitrogen and oxygen atoms in total. The zero-order valence-corrected chi connectivity index (χ0v) is 23.9. The summed E-state index contributed by atoms with van der Waals surface area (Å²) in [5, 5.41) is 2.93. The number of carbonyl (C=O) groups is 2. The van der Waals surface area contributed by atoms with Gasteiger partial charge in [0.25, 0.3) is 5.91 Å². The molecule has 0 aliphatic heterocycles. The summed E-state index contributed by atoms with van der Waals surface area (Å²) in [5.74, 6) is 1.90. The van der Waals surface area contributed by atoms with Crippen molar-refractivity contribution in [1.82, 2.24) is 14.7 Å². The van der Waals surface area contributed by atoms with E-state index in [1.165, 1.54) is 5.56 Å². The Balaban J connectivity index is 1.20. The molecule has 41 heavy (non-hydrogen) atoms. The van der Waals surface area contributed by atoms with Gasteiger partial charge < -0.3 is 23.9 Å². The van der Waals surface area contributed by atoms with E-state index >= 15 is 0 Å². The molecule has 1 amide bonds. The topological polar surface area (TPSA) is 91.2 Å². The van der Waals surface area contributed by atoms with E-state index in [1.807, 2.05) is 47.9 Å². The molecule has 4 aromatic rings. The van der Waals surface area contributed by atoms with Gasteiger partial charge in [-0.15, -0.1) is 0 Å². The standard InChI is InChI=1S/C33H37N3O5/c1-4-41-32(37)18-22-5-8-24(9-6-22)25-10-12-26(13-11-25)27-14-16-31-35-28(21-36(31)20-27)33(38)34-19-23-7-15-29(39-2)30(17-23)40-3/h7,10-17,20-22,24H,4-6,8-9,18-19H2,1-3H3,(H,34,38). The second-order valence-electron chi connectivity index (χ2n) is 10.5. The summed E-state index contributed by atoms with van der Waals surface area (Å²) in [6, 6.07) is 18.3. The predicted octanol–water partition coefficient (Wildman–Crippen LogP) is 6.18. The van der Waals surface area contributed by atoms with Crippen molar-refractivity contribution in [3.8, 4) is 22.6 Å². The van der Waals surface area contributed by atoms with Crippen LogP contribution in [0.25, 0.3) is 16.8 Å². The van der Waals surface area contributed by atoms with Crippen LogP contribution in [0.15, 0.2) is 67.0 Å². The third-order valence-corrected chi connectivity index (χ3v) is 7.91. The Hall–Kier alpha value is -4.33. The molecule has 2 aromatic heterocycles. The number of benzene rings is 2. The molecule has 1 N–H and O–H groups in total. The average molecular weight is 556 g/mol. The number of nitrogens with one attached hydrogen (secondary N) is 1. The van der Waals surface area contributed by atoms with Gasteiger partial charge in [-0.3, -0.25) is 9.59 Å². The van der Waals surface area contributed by atoms with Crippen LogP contribution in [-0.2, 0) is 16.1 Å². The van der Waals surface area contributed by atoms with E-state index in [4.69, 9.17) is 14.2 Å². The van der Waals surface area contributed by atoms with Crippen LogP contribution in [-0.4, -0.2) is 42.1 Å². The van der Waals surface area contributed by atoms with Crippen molar-refractivity contribution < 1.29 is 23.8 Å². The van der Waals surface area contributed by atoms with E-state index in [0.29, 0.717) is 54.2 Å². The molecule has 1 saturated carbocycles. The molecular weight excluding hydrogens is 518 g/mol. The number of ether oxygens (including phenoxy) is 3. The number of pyridine rings is 1. The minimum Gasteiger partial charge on any atom is -0.493 e. The lowest BCUT2D eigenvalue weighted by atomic mass is 9.77. The van der Waals surface area contributed by atoms with Crippen molar-refractivity contribution in [2.75, 3.05) is 20.8 Å². The highest BCUT2D eigenvalue weighted by Gasteiger charge is 2.24. The number of rotatable bonds is 10. The van der Waals surface area contributed by atoms with Crippen molar-refractivity contribution in [1.29, 1.82) is 0 Å². The number of hydrogen-bond acceptors (Lipinski definition) is 6. The fourth-order valence-electron chi connectivity index (χ4n) is 5.64. The molecule has 214 valence electrons. The first-order valence-corrected chi connectivity index (χ1v) is 14.2. The van der Waals surface area contributed by atoms with Gasteiger partial charge in [-0.05, 0) is 91.0 Å². The van der Waals surface area contributed by atoms with Gasteiger partial charge in [-0.25, -0.2) is 4.98 Å². The van der Waals surface area contributed by atoms with Gasteiger partial charge in [0.2, 0.25) is 0 Å². The maximum Gasteiger partial charge on any atom is 0.306 e. The SMILES string of the molecule is CCOC(=O)CC1CCC(c2ccc(-c3ccc4nc(C(=O)NCc5ccc(OC)c(OC)c5)cn4c3)cc2)CC1. The minimum atomic E-state index is -0.244. The Labute approximate surface area is 240 Å². The summed E-state index contributed by atoms with van der Waals surface area (Å²) < 4.78 is 17.6. The van der Waals surface area contributed by atoms with E-state index < -0.39 is 0 Å². The van der Waals surface area contributed by atoms with E-state index in [1.54, 1.807) is 20.4 Å². The highest BCUT2D eigenvalue weighted by molar-refractivity contribution is 5.92. The van der Waals surface area contributed by atoms with Gasteiger partial charge in [0.05, 0.1) is 20.8 Å². The molecular formula is C33H37N3O5. The number of amides is 1. The van der Waals surface area contributed by atoms with Gasteiger partial charge in [0.15, 0.2) is 11.5 Å². The maximum atomic E-state index is 12.8. The lowest BCUT2D eigenvalue weighted by Crippen LogP contribution is -2.23. The lowest BCUT2D eigenvalue weighted by Gasteiger charge is -2.28. The summed E-state index contributed by atoms with van der Waals surface area (Å²) in [6.07, 6.45) is 8.62. The summed E-state index contributed by atoms with van der Waals surface area (Å²) in [4.78, 5) is 29.2. The molecule has 0 spiro atoms. The van der Waals surface area contributed by atoms with Gasteiger partial charge in [0.1, 0.15) is 11.3 Å². The van der Waals surface area contributed by atoms with Crippen LogP contribution in [0, 0.1) is 5.92 Å². The molecule has 0 bridgehead atoms. The molecule has 8 heteroatoms. The smallest absolute Gasteiger partial charge is 0.306 e. The summed E-state index contributed by atoms with van der Waals surface area (Å²) in [5.41, 5.74) is 5.48. The Morgan fingerprint density at radius 3 is 2.34 bits per heavy atom. The van der Waals surface area contributed by atoms with Crippen molar-refractivity contribution in [3.05, 3.63) is 83.8 Å². The van der Waals surface area contributed by atoms with Crippen LogP contribution in [0.5, 0.6) is 11.5 Å². The Kier molecular flexibility index (Phi) is 8.87. The molecule has 0 radical (unpaired) electrons. The van der Waals surface area contributed by atoms with Crippen LogP contribution in [0.4, 0.5) is 0 Å². The van der Waals surface area contributed by atoms with Crippen molar-refractivity contribution in [2.45, 2.75) is 51.5 Å². The Morgan fingerprint density at radius 2 is 1.63 bits per heavy atom. The van der Waals surface area contributed by atoms with Crippen LogP contribution >= 0.6 is 0 Å². The fraction of sp³-hybridized carbons (Fsp3) is 0.364. The normalized spacial score (nSPS) is 16.8. The molecule has 0 saturated heterocycles. The highest BCUT2D eigenvalue weighted by Crippen LogP contribution is 2.38. The summed E-state index contributed by atoms with van der Waals surface area (Å²) >= 11 is 0. The summed E-state index contributed by atoms with van der Waals surface area (Å²) in [7, 11) is 3.18. The number of imidazole rings is 1. The van der Waals surface area contributed by atoms with Crippen molar-refractivity contribution >= 4 is 17.5 Å². The highest BCUT2D eigenvalue weighted by atomic mass is 16.5. The minimum absolute atomic E-state index is 0.0717. The fourth-order valence-corrected chi connectivity index (χ4v) is 5.64. The van der Waals surface area contributed by atoms with E-state index in [-0.39, 0.29) is 11.9 Å². The first-order valence-electron chi connectivity index (χ1n) is 14.2. The maximum absolute atomic E-state index is 12.8.